The second kappa shape index (κ2) is 5.76. The van der Waals surface area contributed by atoms with E-state index in [1.807, 2.05) is 33.8 Å². The van der Waals surface area contributed by atoms with Gasteiger partial charge in [0.25, 0.3) is 0 Å². The summed E-state index contributed by atoms with van der Waals surface area (Å²) in [7, 11) is 0. The second-order valence-corrected chi connectivity index (χ2v) is 6.17. The van der Waals surface area contributed by atoms with E-state index in [1.165, 1.54) is 0 Å². The Labute approximate surface area is 123 Å². The van der Waals surface area contributed by atoms with Gasteiger partial charge in [-0.2, -0.15) is 0 Å². The summed E-state index contributed by atoms with van der Waals surface area (Å²) in [5.74, 6) is -0.364. The topological polar surface area (TPSA) is 51.5 Å². The molecule has 1 atom stereocenters. The van der Waals surface area contributed by atoms with Crippen LogP contribution in [0.4, 0.5) is 9.18 Å². The molecule has 0 aliphatic rings. The Bertz CT molecular complexity index is 642. The summed E-state index contributed by atoms with van der Waals surface area (Å²) < 4.78 is 23.6. The van der Waals surface area contributed by atoms with Crippen LogP contribution in [0.3, 0.4) is 0 Å². The van der Waals surface area contributed by atoms with Crippen molar-refractivity contribution in [3.63, 3.8) is 0 Å². The number of ether oxygens (including phenoxy) is 1. The van der Waals surface area contributed by atoms with Crippen LogP contribution < -0.4 is 5.32 Å². The average Bonchev–Trinajstić information content (AvgIpc) is 2.67. The van der Waals surface area contributed by atoms with Crippen molar-refractivity contribution < 1.29 is 18.3 Å². The smallest absolute Gasteiger partial charge is 0.407 e. The van der Waals surface area contributed by atoms with E-state index in [9.17, 15) is 9.18 Å². The minimum atomic E-state index is -0.519. The van der Waals surface area contributed by atoms with Gasteiger partial charge in [0.05, 0.1) is 5.39 Å². The van der Waals surface area contributed by atoms with Gasteiger partial charge in [0, 0.05) is 6.04 Å². The van der Waals surface area contributed by atoms with Crippen molar-refractivity contribution in [3.8, 4) is 0 Å². The van der Waals surface area contributed by atoms with Gasteiger partial charge in [0.15, 0.2) is 5.82 Å². The van der Waals surface area contributed by atoms with Crippen molar-refractivity contribution in [1.29, 1.82) is 0 Å². The third-order valence-electron chi connectivity index (χ3n) is 2.90. The van der Waals surface area contributed by atoms with Crippen LogP contribution in [0.2, 0.25) is 0 Å². The fraction of sp³-hybridized carbons (Fsp3) is 0.438. The molecule has 1 heterocycles. The Hall–Kier alpha value is -2.04. The first-order valence-corrected chi connectivity index (χ1v) is 6.90. The molecular formula is C16H20FNO3. The third-order valence-corrected chi connectivity index (χ3v) is 2.90. The number of fused-ring (bicyclic) bond motifs is 1. The monoisotopic (exact) mass is 293 g/mol. The quantitative estimate of drug-likeness (QED) is 0.929. The molecule has 1 amide bonds. The predicted octanol–water partition coefficient (Wildman–Crippen LogP) is 4.03. The van der Waals surface area contributed by atoms with E-state index in [2.05, 4.69) is 5.32 Å². The highest BCUT2D eigenvalue weighted by Gasteiger charge is 2.18. The second-order valence-electron chi connectivity index (χ2n) is 6.17. The van der Waals surface area contributed by atoms with Crippen LogP contribution in [-0.2, 0) is 11.2 Å². The Morgan fingerprint density at radius 3 is 2.81 bits per heavy atom. The van der Waals surface area contributed by atoms with Crippen LogP contribution in [-0.4, -0.2) is 17.7 Å². The number of carbonyl (C=O) groups is 1. The molecular weight excluding hydrogens is 273 g/mol. The standard InChI is InChI=1S/C16H20FNO3/c1-10(18-15(19)21-16(2,3)4)7-11-5-6-12-13(17)9-20-14(12)8-11/h5-6,8-10H,7H2,1-4H3,(H,18,19). The average molecular weight is 293 g/mol. The van der Waals surface area contributed by atoms with Crippen LogP contribution >= 0.6 is 0 Å². The zero-order chi connectivity index (χ0) is 15.6. The van der Waals surface area contributed by atoms with Crippen molar-refractivity contribution in [2.75, 3.05) is 0 Å². The van der Waals surface area contributed by atoms with Gasteiger partial charge in [-0.3, -0.25) is 0 Å². The summed E-state index contributed by atoms with van der Waals surface area (Å²) in [5.41, 5.74) is 0.948. The highest BCUT2D eigenvalue weighted by molar-refractivity contribution is 5.78. The van der Waals surface area contributed by atoms with Crippen LogP contribution in [0.25, 0.3) is 11.0 Å². The lowest BCUT2D eigenvalue weighted by Gasteiger charge is -2.22. The van der Waals surface area contributed by atoms with Crippen LogP contribution in [0, 0.1) is 5.82 Å². The van der Waals surface area contributed by atoms with Gasteiger partial charge in [-0.15, -0.1) is 0 Å². The molecule has 1 N–H and O–H groups in total. The molecule has 5 heteroatoms. The number of halogens is 1. The minimum Gasteiger partial charge on any atom is -0.461 e. The maximum absolute atomic E-state index is 13.3. The van der Waals surface area contributed by atoms with Crippen molar-refractivity contribution in [3.05, 3.63) is 35.8 Å². The predicted molar refractivity (Wildman–Crippen MR) is 78.7 cm³/mol. The zero-order valence-electron chi connectivity index (χ0n) is 12.7. The number of amides is 1. The Morgan fingerprint density at radius 2 is 2.14 bits per heavy atom. The summed E-state index contributed by atoms with van der Waals surface area (Å²) in [6.45, 7) is 7.33. The van der Waals surface area contributed by atoms with Gasteiger partial charge in [-0.25, -0.2) is 9.18 Å². The van der Waals surface area contributed by atoms with Crippen LogP contribution in [0.1, 0.15) is 33.3 Å². The van der Waals surface area contributed by atoms with Gasteiger partial charge in [-0.05, 0) is 51.8 Å². The number of benzene rings is 1. The zero-order valence-corrected chi connectivity index (χ0v) is 12.7. The van der Waals surface area contributed by atoms with Gasteiger partial charge < -0.3 is 14.5 Å². The molecule has 0 aliphatic carbocycles. The first-order chi connectivity index (χ1) is 9.74. The Kier molecular flexibility index (Phi) is 4.21. The maximum Gasteiger partial charge on any atom is 0.407 e. The number of furan rings is 1. The van der Waals surface area contributed by atoms with Gasteiger partial charge in [-0.1, -0.05) is 6.07 Å². The van der Waals surface area contributed by atoms with E-state index in [0.717, 1.165) is 11.8 Å². The first-order valence-electron chi connectivity index (χ1n) is 6.90. The molecule has 1 aromatic carbocycles. The lowest BCUT2D eigenvalue weighted by Crippen LogP contribution is -2.38. The van der Waals surface area contributed by atoms with Crippen molar-refractivity contribution in [1.82, 2.24) is 5.32 Å². The summed E-state index contributed by atoms with van der Waals surface area (Å²) in [6, 6.07) is 5.20. The molecule has 0 fully saturated rings. The molecule has 0 saturated carbocycles. The lowest BCUT2D eigenvalue weighted by atomic mass is 10.1. The number of rotatable bonds is 3. The molecule has 2 aromatic rings. The van der Waals surface area contributed by atoms with Crippen LogP contribution in [0.5, 0.6) is 0 Å². The maximum atomic E-state index is 13.3. The number of nitrogens with one attached hydrogen (secondary N) is 1. The van der Waals surface area contributed by atoms with Crippen molar-refractivity contribution in [2.24, 2.45) is 0 Å². The summed E-state index contributed by atoms with van der Waals surface area (Å²) in [5, 5.41) is 3.24. The highest BCUT2D eigenvalue weighted by Crippen LogP contribution is 2.21. The number of carbonyl (C=O) groups excluding carboxylic acids is 1. The van der Waals surface area contributed by atoms with E-state index in [4.69, 9.17) is 9.15 Å². The number of hydrogen-bond donors (Lipinski definition) is 1. The molecule has 0 radical (unpaired) electrons. The molecule has 0 aliphatic heterocycles. The van der Waals surface area contributed by atoms with Gasteiger partial charge in [0.1, 0.15) is 17.4 Å². The van der Waals surface area contributed by atoms with E-state index < -0.39 is 11.7 Å². The normalized spacial score (nSPS) is 13.2. The Morgan fingerprint density at radius 1 is 1.43 bits per heavy atom. The summed E-state index contributed by atoms with van der Waals surface area (Å²) >= 11 is 0. The number of alkyl carbamates (subject to hydrolysis) is 1. The summed E-state index contributed by atoms with van der Waals surface area (Å²) in [6.07, 6.45) is 1.26. The highest BCUT2D eigenvalue weighted by atomic mass is 19.1. The molecule has 4 nitrogen and oxygen atoms in total. The van der Waals surface area contributed by atoms with Crippen LogP contribution in [0.15, 0.2) is 28.9 Å². The number of hydrogen-bond acceptors (Lipinski definition) is 3. The largest absolute Gasteiger partial charge is 0.461 e. The molecule has 0 bridgehead atoms. The summed E-state index contributed by atoms with van der Waals surface area (Å²) in [4.78, 5) is 11.7. The third kappa shape index (κ3) is 4.21. The molecule has 0 saturated heterocycles. The molecule has 2 rings (SSSR count). The Balaban J connectivity index is 1.97. The van der Waals surface area contributed by atoms with E-state index in [0.29, 0.717) is 17.4 Å². The first kappa shape index (κ1) is 15.4. The van der Waals surface area contributed by atoms with E-state index in [-0.39, 0.29) is 11.9 Å². The van der Waals surface area contributed by atoms with Crippen molar-refractivity contribution >= 4 is 17.1 Å². The SMILES string of the molecule is CC(Cc1ccc2c(F)coc2c1)NC(=O)OC(C)(C)C. The fourth-order valence-electron chi connectivity index (χ4n) is 2.08. The fourth-order valence-corrected chi connectivity index (χ4v) is 2.08. The minimum absolute atomic E-state index is 0.0999. The van der Waals surface area contributed by atoms with Gasteiger partial charge in [0.2, 0.25) is 0 Å². The molecule has 0 spiro atoms. The van der Waals surface area contributed by atoms with E-state index >= 15 is 0 Å². The molecule has 114 valence electrons. The molecule has 1 unspecified atom stereocenters. The molecule has 21 heavy (non-hydrogen) atoms. The molecule has 1 aromatic heterocycles. The lowest BCUT2D eigenvalue weighted by molar-refractivity contribution is 0.0508. The van der Waals surface area contributed by atoms with Crippen molar-refractivity contribution in [2.45, 2.75) is 45.8 Å². The van der Waals surface area contributed by atoms with Gasteiger partial charge >= 0.3 is 6.09 Å². The van der Waals surface area contributed by atoms with E-state index in [1.54, 1.807) is 12.1 Å².